The van der Waals surface area contributed by atoms with E-state index in [1.165, 1.54) is 31.3 Å². The summed E-state index contributed by atoms with van der Waals surface area (Å²) in [7, 11) is 0. The highest BCUT2D eigenvalue weighted by Gasteiger charge is 2.31. The Kier molecular flexibility index (Phi) is 4.61. The van der Waals surface area contributed by atoms with Crippen molar-refractivity contribution in [2.24, 2.45) is 23.0 Å². The highest BCUT2D eigenvalue weighted by molar-refractivity contribution is 4.95. The van der Waals surface area contributed by atoms with E-state index in [-0.39, 0.29) is 0 Å². The van der Waals surface area contributed by atoms with Gasteiger partial charge in [-0.15, -0.1) is 6.58 Å². The first-order chi connectivity index (χ1) is 7.30. The van der Waals surface area contributed by atoms with E-state index in [1.54, 1.807) is 0 Å². The molecule has 0 amide bonds. The minimum absolute atomic E-state index is 0.346. The van der Waals surface area contributed by atoms with Gasteiger partial charge in [-0.2, -0.15) is 0 Å². The summed E-state index contributed by atoms with van der Waals surface area (Å²) >= 11 is 0. The fourth-order valence-electron chi connectivity index (χ4n) is 2.98. The molecule has 16 heavy (non-hydrogen) atoms. The van der Waals surface area contributed by atoms with Crippen LogP contribution in [0.2, 0.25) is 0 Å². The number of nitrogens with two attached hydrogens (primary N) is 1. The lowest BCUT2D eigenvalue weighted by Crippen LogP contribution is -2.35. The fourth-order valence-corrected chi connectivity index (χ4v) is 2.98. The Hall–Kier alpha value is -0.300. The molecule has 1 fully saturated rings. The third-order valence-electron chi connectivity index (χ3n) is 4.19. The summed E-state index contributed by atoms with van der Waals surface area (Å²) in [5, 5.41) is 0. The molecule has 0 radical (unpaired) electrons. The van der Waals surface area contributed by atoms with Gasteiger partial charge in [0.25, 0.3) is 0 Å². The van der Waals surface area contributed by atoms with Crippen LogP contribution in [0.25, 0.3) is 0 Å². The van der Waals surface area contributed by atoms with E-state index >= 15 is 0 Å². The molecule has 1 aliphatic carbocycles. The summed E-state index contributed by atoms with van der Waals surface area (Å²) in [6.07, 6.45) is 6.35. The van der Waals surface area contributed by atoms with Crippen LogP contribution in [0.5, 0.6) is 0 Å². The Morgan fingerprint density at radius 3 is 2.12 bits per heavy atom. The van der Waals surface area contributed by atoms with Crippen molar-refractivity contribution in [1.82, 2.24) is 0 Å². The lowest BCUT2D eigenvalue weighted by atomic mass is 9.68. The van der Waals surface area contributed by atoms with Gasteiger partial charge in [-0.1, -0.05) is 26.3 Å². The summed E-state index contributed by atoms with van der Waals surface area (Å²) in [6, 6.07) is 0.346. The van der Waals surface area contributed by atoms with Crippen LogP contribution < -0.4 is 5.73 Å². The van der Waals surface area contributed by atoms with Crippen molar-refractivity contribution >= 4 is 0 Å². The molecule has 1 atom stereocenters. The van der Waals surface area contributed by atoms with Crippen molar-refractivity contribution in [2.45, 2.75) is 65.8 Å². The molecule has 0 bridgehead atoms. The van der Waals surface area contributed by atoms with Crippen LogP contribution in [0.3, 0.4) is 0 Å². The van der Waals surface area contributed by atoms with Gasteiger partial charge in [-0.3, -0.25) is 0 Å². The highest BCUT2D eigenvalue weighted by Crippen LogP contribution is 2.40. The molecule has 1 rings (SSSR count). The second-order valence-corrected chi connectivity index (χ2v) is 6.80. The average molecular weight is 223 g/mol. The van der Waals surface area contributed by atoms with Crippen LogP contribution in [-0.2, 0) is 0 Å². The normalized spacial score (nSPS) is 28.8. The van der Waals surface area contributed by atoms with Gasteiger partial charge in [0.1, 0.15) is 0 Å². The second-order valence-electron chi connectivity index (χ2n) is 6.80. The van der Waals surface area contributed by atoms with Crippen molar-refractivity contribution in [3.05, 3.63) is 12.2 Å². The molecule has 0 aliphatic heterocycles. The van der Waals surface area contributed by atoms with E-state index in [2.05, 4.69) is 34.3 Å². The first-order valence-corrected chi connectivity index (χ1v) is 6.70. The largest absolute Gasteiger partial charge is 0.327 e. The minimum Gasteiger partial charge on any atom is -0.327 e. The summed E-state index contributed by atoms with van der Waals surface area (Å²) in [5.41, 5.74) is 7.95. The molecule has 1 heteroatoms. The van der Waals surface area contributed by atoms with E-state index in [0.717, 1.165) is 18.3 Å². The molecule has 1 saturated carbocycles. The first-order valence-electron chi connectivity index (χ1n) is 6.70. The summed E-state index contributed by atoms with van der Waals surface area (Å²) in [4.78, 5) is 0. The molecule has 0 aromatic heterocycles. The summed E-state index contributed by atoms with van der Waals surface area (Å²) < 4.78 is 0. The van der Waals surface area contributed by atoms with Crippen LogP contribution in [0.15, 0.2) is 12.2 Å². The minimum atomic E-state index is 0.346. The molecule has 0 saturated heterocycles. The monoisotopic (exact) mass is 223 g/mol. The molecule has 0 heterocycles. The van der Waals surface area contributed by atoms with E-state index in [0.29, 0.717) is 11.5 Å². The van der Waals surface area contributed by atoms with Crippen molar-refractivity contribution in [3.8, 4) is 0 Å². The van der Waals surface area contributed by atoms with E-state index in [9.17, 15) is 0 Å². The van der Waals surface area contributed by atoms with Gasteiger partial charge in [0, 0.05) is 6.04 Å². The quantitative estimate of drug-likeness (QED) is 0.715. The third-order valence-corrected chi connectivity index (χ3v) is 4.19. The van der Waals surface area contributed by atoms with Gasteiger partial charge in [0.05, 0.1) is 0 Å². The van der Waals surface area contributed by atoms with Crippen molar-refractivity contribution in [3.63, 3.8) is 0 Å². The Morgan fingerprint density at radius 2 is 1.75 bits per heavy atom. The van der Waals surface area contributed by atoms with Gasteiger partial charge in [-0.05, 0) is 56.3 Å². The first kappa shape index (κ1) is 13.8. The number of hydrogen-bond donors (Lipinski definition) is 1. The molecule has 0 aromatic carbocycles. The lowest BCUT2D eigenvalue weighted by molar-refractivity contribution is 0.139. The van der Waals surface area contributed by atoms with E-state index < -0.39 is 0 Å². The van der Waals surface area contributed by atoms with Crippen LogP contribution >= 0.6 is 0 Å². The topological polar surface area (TPSA) is 26.0 Å². The maximum absolute atomic E-state index is 6.24. The molecular formula is C15H29N. The number of rotatable bonds is 3. The molecule has 0 aromatic rings. The lowest BCUT2D eigenvalue weighted by Gasteiger charge is -2.38. The zero-order chi connectivity index (χ0) is 12.3. The Labute approximate surface area is 101 Å². The van der Waals surface area contributed by atoms with Gasteiger partial charge in [0.2, 0.25) is 0 Å². The standard InChI is InChI=1S/C15H29N/c1-11(2)10-14(16)12-6-8-13(9-7-12)15(3,4)5/h12-14H,1,6-10,16H2,2-5H3. The second kappa shape index (κ2) is 5.35. The van der Waals surface area contributed by atoms with Crippen molar-refractivity contribution < 1.29 is 0 Å². The third kappa shape index (κ3) is 3.93. The molecule has 1 nitrogen and oxygen atoms in total. The van der Waals surface area contributed by atoms with Gasteiger partial charge in [-0.25, -0.2) is 0 Å². The fraction of sp³-hybridized carbons (Fsp3) is 0.867. The molecule has 2 N–H and O–H groups in total. The Morgan fingerprint density at radius 1 is 1.25 bits per heavy atom. The molecule has 0 spiro atoms. The van der Waals surface area contributed by atoms with Gasteiger partial charge >= 0.3 is 0 Å². The maximum atomic E-state index is 6.24. The Balaban J connectivity index is 2.40. The zero-order valence-electron chi connectivity index (χ0n) is 11.6. The van der Waals surface area contributed by atoms with Crippen LogP contribution in [-0.4, -0.2) is 6.04 Å². The van der Waals surface area contributed by atoms with Crippen LogP contribution in [0.4, 0.5) is 0 Å². The van der Waals surface area contributed by atoms with Crippen LogP contribution in [0.1, 0.15) is 59.8 Å². The van der Waals surface area contributed by atoms with Gasteiger partial charge < -0.3 is 5.73 Å². The predicted molar refractivity (Wildman–Crippen MR) is 72.3 cm³/mol. The molecule has 94 valence electrons. The molecular weight excluding hydrogens is 194 g/mol. The van der Waals surface area contributed by atoms with Crippen LogP contribution in [0, 0.1) is 17.3 Å². The Bertz CT molecular complexity index is 228. The number of hydrogen-bond acceptors (Lipinski definition) is 1. The summed E-state index contributed by atoms with van der Waals surface area (Å²) in [6.45, 7) is 13.1. The highest BCUT2D eigenvalue weighted by atomic mass is 14.7. The maximum Gasteiger partial charge on any atom is 0.0104 e. The van der Waals surface area contributed by atoms with Gasteiger partial charge in [0.15, 0.2) is 0 Å². The smallest absolute Gasteiger partial charge is 0.0104 e. The van der Waals surface area contributed by atoms with E-state index in [4.69, 9.17) is 5.73 Å². The SMILES string of the molecule is C=C(C)CC(N)C1CCC(C(C)(C)C)CC1. The average Bonchev–Trinajstić information content (AvgIpc) is 2.15. The van der Waals surface area contributed by atoms with Crippen molar-refractivity contribution in [1.29, 1.82) is 0 Å². The van der Waals surface area contributed by atoms with E-state index in [1.807, 2.05) is 0 Å². The summed E-state index contributed by atoms with van der Waals surface area (Å²) in [5.74, 6) is 1.62. The van der Waals surface area contributed by atoms with Crippen molar-refractivity contribution in [2.75, 3.05) is 0 Å². The molecule has 1 unspecified atom stereocenters. The predicted octanol–water partition coefficient (Wildman–Crippen LogP) is 4.13. The zero-order valence-corrected chi connectivity index (χ0v) is 11.6. The molecule has 1 aliphatic rings.